The zero-order valence-electron chi connectivity index (χ0n) is 16.7. The quantitative estimate of drug-likeness (QED) is 0.752. The zero-order chi connectivity index (χ0) is 20.3. The van der Waals surface area contributed by atoms with E-state index in [0.717, 1.165) is 0 Å². The Balaban J connectivity index is 1.71. The summed E-state index contributed by atoms with van der Waals surface area (Å²) in [4.78, 5) is 43.3. The molecule has 0 aliphatic carbocycles. The number of carbonyl (C=O) groups is 2. The zero-order valence-corrected chi connectivity index (χ0v) is 16.7. The highest BCUT2D eigenvalue weighted by Gasteiger charge is 2.26. The van der Waals surface area contributed by atoms with Gasteiger partial charge in [-0.3, -0.25) is 19.3 Å². The summed E-state index contributed by atoms with van der Waals surface area (Å²) in [7, 11) is 1.56. The van der Waals surface area contributed by atoms with E-state index < -0.39 is 0 Å². The Bertz CT molecular complexity index is 927. The van der Waals surface area contributed by atoms with E-state index in [1.54, 1.807) is 36.2 Å². The Morgan fingerprint density at radius 3 is 2.25 bits per heavy atom. The highest BCUT2D eigenvalue weighted by Crippen LogP contribution is 2.16. The van der Waals surface area contributed by atoms with Crippen molar-refractivity contribution in [2.75, 3.05) is 45.8 Å². The molecule has 1 aliphatic heterocycles. The lowest BCUT2D eigenvalue weighted by molar-refractivity contribution is -0.132. The second-order valence-electron chi connectivity index (χ2n) is 6.96. The van der Waals surface area contributed by atoms with Gasteiger partial charge in [-0.1, -0.05) is 18.2 Å². The van der Waals surface area contributed by atoms with E-state index in [1.165, 1.54) is 4.68 Å². The molecule has 2 amide bonds. The second kappa shape index (κ2) is 8.52. The van der Waals surface area contributed by atoms with Crippen molar-refractivity contribution in [1.82, 2.24) is 24.5 Å². The summed E-state index contributed by atoms with van der Waals surface area (Å²) < 4.78 is 1.22. The number of rotatable bonds is 5. The Labute approximate surface area is 164 Å². The number of piperazine rings is 1. The maximum absolute atomic E-state index is 13.1. The number of likely N-dealkylation sites (N-methyl/N-ethyl adjacent to an activating group) is 1. The molecule has 0 unspecified atom stereocenters. The largest absolute Gasteiger partial charge is 0.342 e. The van der Waals surface area contributed by atoms with Crippen LogP contribution < -0.4 is 5.56 Å². The van der Waals surface area contributed by atoms with Gasteiger partial charge in [-0.15, -0.1) is 0 Å². The molecule has 2 heterocycles. The van der Waals surface area contributed by atoms with E-state index in [-0.39, 0.29) is 17.4 Å². The predicted octanol–water partition coefficient (Wildman–Crippen LogP) is 0.560. The number of carbonyl (C=O) groups excluding carboxylic acids is 2. The van der Waals surface area contributed by atoms with Gasteiger partial charge in [-0.2, -0.15) is 5.10 Å². The van der Waals surface area contributed by atoms with E-state index in [2.05, 4.69) is 10.00 Å². The van der Waals surface area contributed by atoms with Gasteiger partial charge in [0.15, 0.2) is 5.69 Å². The maximum atomic E-state index is 13.1. The van der Waals surface area contributed by atoms with E-state index in [9.17, 15) is 14.4 Å². The summed E-state index contributed by atoms with van der Waals surface area (Å²) in [5, 5.41) is 5.30. The number of amides is 2. The minimum absolute atomic E-state index is 0.121. The number of aromatic nitrogens is 2. The minimum Gasteiger partial charge on any atom is -0.342 e. The van der Waals surface area contributed by atoms with Crippen molar-refractivity contribution in [3.63, 3.8) is 0 Å². The van der Waals surface area contributed by atoms with Gasteiger partial charge in [0.2, 0.25) is 5.91 Å². The van der Waals surface area contributed by atoms with E-state index in [4.69, 9.17) is 0 Å². The molecule has 0 saturated carbocycles. The fourth-order valence-electron chi connectivity index (χ4n) is 3.58. The smallest absolute Gasteiger partial charge is 0.275 e. The molecule has 1 saturated heterocycles. The molecular weight excluding hydrogens is 358 g/mol. The molecule has 0 bridgehead atoms. The van der Waals surface area contributed by atoms with Gasteiger partial charge in [-0.25, -0.2) is 4.68 Å². The molecular formula is C20H27N5O3. The summed E-state index contributed by atoms with van der Waals surface area (Å²) in [6, 6.07) is 7.06. The van der Waals surface area contributed by atoms with Crippen molar-refractivity contribution in [3.05, 3.63) is 40.3 Å². The van der Waals surface area contributed by atoms with Crippen LogP contribution in [0.1, 0.15) is 24.3 Å². The molecule has 1 aromatic heterocycles. The van der Waals surface area contributed by atoms with Crippen LogP contribution in [-0.2, 0) is 11.8 Å². The lowest BCUT2D eigenvalue weighted by atomic mass is 10.1. The number of fused-ring (bicyclic) bond motifs is 1. The first-order valence-electron chi connectivity index (χ1n) is 9.71. The molecule has 1 aliphatic rings. The molecule has 8 heteroatoms. The first-order chi connectivity index (χ1) is 13.5. The molecule has 0 N–H and O–H groups in total. The summed E-state index contributed by atoms with van der Waals surface area (Å²) >= 11 is 0. The van der Waals surface area contributed by atoms with Crippen LogP contribution >= 0.6 is 0 Å². The van der Waals surface area contributed by atoms with E-state index in [1.807, 2.05) is 18.7 Å². The lowest BCUT2D eigenvalue weighted by Crippen LogP contribution is -2.51. The van der Waals surface area contributed by atoms with Crippen LogP contribution in [0.3, 0.4) is 0 Å². The molecule has 150 valence electrons. The van der Waals surface area contributed by atoms with Crippen LogP contribution in [0.5, 0.6) is 0 Å². The Morgan fingerprint density at radius 2 is 1.64 bits per heavy atom. The van der Waals surface area contributed by atoms with Crippen molar-refractivity contribution in [2.45, 2.75) is 13.8 Å². The van der Waals surface area contributed by atoms with Crippen LogP contribution in [0.2, 0.25) is 0 Å². The van der Waals surface area contributed by atoms with Gasteiger partial charge in [0.1, 0.15) is 0 Å². The van der Waals surface area contributed by atoms with Gasteiger partial charge in [-0.05, 0) is 19.9 Å². The third-order valence-electron chi connectivity index (χ3n) is 5.29. The average molecular weight is 385 g/mol. The van der Waals surface area contributed by atoms with Crippen LogP contribution in [0.15, 0.2) is 29.1 Å². The Morgan fingerprint density at radius 1 is 1.04 bits per heavy atom. The normalized spacial score (nSPS) is 15.0. The average Bonchev–Trinajstić information content (AvgIpc) is 2.71. The molecule has 0 spiro atoms. The monoisotopic (exact) mass is 385 g/mol. The third-order valence-corrected chi connectivity index (χ3v) is 5.29. The molecule has 3 rings (SSSR count). The van der Waals surface area contributed by atoms with Gasteiger partial charge >= 0.3 is 0 Å². The summed E-state index contributed by atoms with van der Waals surface area (Å²) in [5.74, 6) is -0.0583. The van der Waals surface area contributed by atoms with Crippen LogP contribution in [0.4, 0.5) is 0 Å². The predicted molar refractivity (Wildman–Crippen MR) is 107 cm³/mol. The van der Waals surface area contributed by atoms with E-state index in [0.29, 0.717) is 62.3 Å². The number of benzene rings is 1. The van der Waals surface area contributed by atoms with Gasteiger partial charge in [0.25, 0.3) is 11.5 Å². The van der Waals surface area contributed by atoms with Crippen LogP contribution in [0, 0.1) is 0 Å². The van der Waals surface area contributed by atoms with Crippen molar-refractivity contribution < 1.29 is 9.59 Å². The molecule has 28 heavy (non-hydrogen) atoms. The molecule has 1 fully saturated rings. The standard InChI is InChI=1S/C20H27N5O3/c1-4-24(5-2)17(26)14-23-10-12-25(13-11-23)20(28)18-15-8-6-7-9-16(15)19(27)22(3)21-18/h6-9H,4-5,10-14H2,1-3H3. The summed E-state index contributed by atoms with van der Waals surface area (Å²) in [6.45, 7) is 8.09. The van der Waals surface area contributed by atoms with Crippen LogP contribution in [0.25, 0.3) is 10.8 Å². The Hall–Kier alpha value is -2.74. The fraction of sp³-hybridized carbons (Fsp3) is 0.500. The fourth-order valence-corrected chi connectivity index (χ4v) is 3.58. The number of nitrogens with zero attached hydrogens (tertiary/aromatic N) is 5. The molecule has 0 atom stereocenters. The van der Waals surface area contributed by atoms with Crippen molar-refractivity contribution >= 4 is 22.6 Å². The number of hydrogen-bond donors (Lipinski definition) is 0. The minimum atomic E-state index is -0.216. The SMILES string of the molecule is CCN(CC)C(=O)CN1CCN(C(=O)c2nn(C)c(=O)c3ccccc23)CC1. The highest BCUT2D eigenvalue weighted by molar-refractivity contribution is 6.04. The number of aryl methyl sites for hydroxylation is 1. The molecule has 8 nitrogen and oxygen atoms in total. The van der Waals surface area contributed by atoms with Crippen molar-refractivity contribution in [2.24, 2.45) is 7.05 Å². The third kappa shape index (κ3) is 3.91. The van der Waals surface area contributed by atoms with E-state index >= 15 is 0 Å². The van der Waals surface area contributed by atoms with Crippen LogP contribution in [-0.4, -0.2) is 82.1 Å². The van der Waals surface area contributed by atoms with Gasteiger partial charge in [0, 0.05) is 51.7 Å². The summed E-state index contributed by atoms with van der Waals surface area (Å²) in [6.07, 6.45) is 0. The van der Waals surface area contributed by atoms with Gasteiger partial charge in [0.05, 0.1) is 11.9 Å². The number of hydrogen-bond acceptors (Lipinski definition) is 5. The second-order valence-corrected chi connectivity index (χ2v) is 6.96. The first kappa shape index (κ1) is 20.0. The van der Waals surface area contributed by atoms with Crippen molar-refractivity contribution in [1.29, 1.82) is 0 Å². The summed E-state index contributed by atoms with van der Waals surface area (Å²) in [5.41, 5.74) is 0.0808. The van der Waals surface area contributed by atoms with Gasteiger partial charge < -0.3 is 9.80 Å². The Kier molecular flexibility index (Phi) is 6.08. The maximum Gasteiger partial charge on any atom is 0.275 e. The highest BCUT2D eigenvalue weighted by atomic mass is 16.2. The molecule has 2 aromatic rings. The molecule has 0 radical (unpaired) electrons. The topological polar surface area (TPSA) is 78.8 Å². The lowest BCUT2D eigenvalue weighted by Gasteiger charge is -2.35. The van der Waals surface area contributed by atoms with Crippen molar-refractivity contribution in [3.8, 4) is 0 Å². The molecule has 1 aromatic carbocycles. The first-order valence-corrected chi connectivity index (χ1v) is 9.71.